The van der Waals surface area contributed by atoms with Crippen molar-refractivity contribution >= 4 is 17.0 Å². The molecule has 3 aromatic rings. The third kappa shape index (κ3) is 3.86. The number of benzene rings is 2. The Labute approximate surface area is 129 Å². The van der Waals surface area contributed by atoms with Gasteiger partial charge < -0.3 is 10.1 Å². The second-order valence-corrected chi connectivity index (χ2v) is 6.18. The standard InChI is InChI=1S/C18H17NOS/c1-14-7-12-18(21-14)13-19-15-8-10-17(11-9-15)20-16-5-3-2-4-6-16/h2-12,19H,13H2,1H3. The maximum atomic E-state index is 5.77. The molecule has 0 atom stereocenters. The molecule has 0 aliphatic rings. The Hall–Kier alpha value is -2.26. The van der Waals surface area contributed by atoms with Crippen LogP contribution in [-0.2, 0) is 6.54 Å². The van der Waals surface area contributed by atoms with Crippen molar-refractivity contribution in [1.29, 1.82) is 0 Å². The molecular formula is C18H17NOS. The highest BCUT2D eigenvalue weighted by Gasteiger charge is 1.99. The first-order valence-corrected chi connectivity index (χ1v) is 7.73. The van der Waals surface area contributed by atoms with Crippen LogP contribution in [0.3, 0.4) is 0 Å². The highest BCUT2D eigenvalue weighted by atomic mass is 32.1. The molecule has 0 unspecified atom stereocenters. The van der Waals surface area contributed by atoms with Gasteiger partial charge in [-0.1, -0.05) is 18.2 Å². The van der Waals surface area contributed by atoms with Gasteiger partial charge in [-0.15, -0.1) is 11.3 Å². The van der Waals surface area contributed by atoms with Crippen LogP contribution in [0.1, 0.15) is 9.75 Å². The highest BCUT2D eigenvalue weighted by Crippen LogP contribution is 2.23. The van der Waals surface area contributed by atoms with Crippen LogP contribution in [0.15, 0.2) is 66.7 Å². The minimum atomic E-state index is 0.846. The van der Waals surface area contributed by atoms with E-state index < -0.39 is 0 Å². The van der Waals surface area contributed by atoms with E-state index in [2.05, 4.69) is 24.4 Å². The zero-order valence-electron chi connectivity index (χ0n) is 11.9. The van der Waals surface area contributed by atoms with Gasteiger partial charge in [0, 0.05) is 22.0 Å². The zero-order valence-corrected chi connectivity index (χ0v) is 12.7. The van der Waals surface area contributed by atoms with Crippen molar-refractivity contribution in [2.24, 2.45) is 0 Å². The lowest BCUT2D eigenvalue weighted by Crippen LogP contribution is -1.96. The van der Waals surface area contributed by atoms with Gasteiger partial charge in [0.2, 0.25) is 0 Å². The van der Waals surface area contributed by atoms with Crippen molar-refractivity contribution < 1.29 is 4.74 Å². The van der Waals surface area contributed by atoms with E-state index in [4.69, 9.17) is 4.74 Å². The lowest BCUT2D eigenvalue weighted by atomic mass is 10.3. The van der Waals surface area contributed by atoms with Gasteiger partial charge in [0.1, 0.15) is 11.5 Å². The number of hydrogen-bond donors (Lipinski definition) is 1. The van der Waals surface area contributed by atoms with Crippen LogP contribution in [0.4, 0.5) is 5.69 Å². The molecule has 1 heterocycles. The summed E-state index contributed by atoms with van der Waals surface area (Å²) in [4.78, 5) is 2.69. The van der Waals surface area contributed by atoms with Gasteiger partial charge in [-0.2, -0.15) is 0 Å². The summed E-state index contributed by atoms with van der Waals surface area (Å²) < 4.78 is 5.77. The van der Waals surface area contributed by atoms with Gasteiger partial charge in [-0.25, -0.2) is 0 Å². The van der Waals surface area contributed by atoms with Gasteiger partial charge >= 0.3 is 0 Å². The van der Waals surface area contributed by atoms with E-state index in [0.717, 1.165) is 23.7 Å². The second-order valence-electron chi connectivity index (χ2n) is 4.81. The predicted molar refractivity (Wildman–Crippen MR) is 89.3 cm³/mol. The first kappa shape index (κ1) is 13.7. The van der Waals surface area contributed by atoms with Crippen LogP contribution in [0.5, 0.6) is 11.5 Å². The number of nitrogens with one attached hydrogen (secondary N) is 1. The van der Waals surface area contributed by atoms with Gasteiger partial charge in [0.05, 0.1) is 0 Å². The van der Waals surface area contributed by atoms with Gasteiger partial charge in [0.25, 0.3) is 0 Å². The van der Waals surface area contributed by atoms with Gasteiger partial charge in [-0.05, 0) is 55.5 Å². The summed E-state index contributed by atoms with van der Waals surface area (Å²) in [6, 6.07) is 22.2. The number of hydrogen-bond acceptors (Lipinski definition) is 3. The molecule has 0 saturated carbocycles. The summed E-state index contributed by atoms with van der Waals surface area (Å²) in [6.07, 6.45) is 0. The summed E-state index contributed by atoms with van der Waals surface area (Å²) in [7, 11) is 0. The molecule has 0 aliphatic heterocycles. The predicted octanol–water partition coefficient (Wildman–Crippen LogP) is 5.46. The third-order valence-corrected chi connectivity index (χ3v) is 4.10. The SMILES string of the molecule is Cc1ccc(CNc2ccc(Oc3ccccc3)cc2)s1. The van der Waals surface area contributed by atoms with E-state index in [1.165, 1.54) is 9.75 Å². The number of rotatable bonds is 5. The maximum Gasteiger partial charge on any atom is 0.127 e. The summed E-state index contributed by atoms with van der Waals surface area (Å²) in [5, 5.41) is 3.42. The van der Waals surface area contributed by atoms with E-state index in [0.29, 0.717) is 0 Å². The average molecular weight is 295 g/mol. The van der Waals surface area contributed by atoms with Crippen molar-refractivity contribution in [3.63, 3.8) is 0 Å². The van der Waals surface area contributed by atoms with E-state index in [1.54, 1.807) is 0 Å². The Morgan fingerprint density at radius 2 is 1.57 bits per heavy atom. The largest absolute Gasteiger partial charge is 0.457 e. The molecule has 0 radical (unpaired) electrons. The number of ether oxygens (including phenoxy) is 1. The Morgan fingerprint density at radius 1 is 0.857 bits per heavy atom. The molecule has 21 heavy (non-hydrogen) atoms. The van der Waals surface area contributed by atoms with Crippen LogP contribution in [0, 0.1) is 6.92 Å². The van der Waals surface area contributed by atoms with E-state index in [1.807, 2.05) is 65.9 Å². The van der Waals surface area contributed by atoms with Crippen molar-refractivity contribution in [2.75, 3.05) is 5.32 Å². The fourth-order valence-corrected chi connectivity index (χ4v) is 2.86. The highest BCUT2D eigenvalue weighted by molar-refractivity contribution is 7.11. The Bertz CT molecular complexity index is 689. The first-order chi connectivity index (χ1) is 10.3. The molecule has 3 rings (SSSR count). The summed E-state index contributed by atoms with van der Waals surface area (Å²) >= 11 is 1.82. The zero-order chi connectivity index (χ0) is 14.5. The third-order valence-electron chi connectivity index (χ3n) is 3.10. The van der Waals surface area contributed by atoms with Gasteiger partial charge in [0.15, 0.2) is 0 Å². The molecule has 0 bridgehead atoms. The summed E-state index contributed by atoms with van der Waals surface area (Å²) in [5.74, 6) is 1.70. The quantitative estimate of drug-likeness (QED) is 0.674. The fourth-order valence-electron chi connectivity index (χ4n) is 2.03. The molecule has 2 nitrogen and oxygen atoms in total. The summed E-state index contributed by atoms with van der Waals surface area (Å²) in [6.45, 7) is 2.99. The molecule has 1 aromatic heterocycles. The first-order valence-electron chi connectivity index (χ1n) is 6.92. The van der Waals surface area contributed by atoms with E-state index in [-0.39, 0.29) is 0 Å². The molecular weight excluding hydrogens is 278 g/mol. The molecule has 0 amide bonds. The summed E-state index contributed by atoms with van der Waals surface area (Å²) in [5.41, 5.74) is 1.10. The van der Waals surface area contributed by atoms with Crippen LogP contribution in [-0.4, -0.2) is 0 Å². The van der Waals surface area contributed by atoms with Crippen molar-refractivity contribution in [3.8, 4) is 11.5 Å². The normalized spacial score (nSPS) is 10.3. The van der Waals surface area contributed by atoms with Crippen LogP contribution >= 0.6 is 11.3 Å². The lowest BCUT2D eigenvalue weighted by Gasteiger charge is -2.08. The smallest absolute Gasteiger partial charge is 0.127 e. The van der Waals surface area contributed by atoms with Crippen molar-refractivity contribution in [1.82, 2.24) is 0 Å². The number of thiophene rings is 1. The van der Waals surface area contributed by atoms with Crippen molar-refractivity contribution in [2.45, 2.75) is 13.5 Å². The molecule has 0 fully saturated rings. The average Bonchev–Trinajstić information content (AvgIpc) is 2.93. The van der Waals surface area contributed by atoms with Crippen LogP contribution in [0.2, 0.25) is 0 Å². The maximum absolute atomic E-state index is 5.77. The molecule has 106 valence electrons. The number of anilines is 1. The number of aryl methyl sites for hydroxylation is 1. The monoisotopic (exact) mass is 295 g/mol. The lowest BCUT2D eigenvalue weighted by molar-refractivity contribution is 0.483. The number of para-hydroxylation sites is 1. The Balaban J connectivity index is 1.59. The minimum absolute atomic E-state index is 0.846. The molecule has 0 saturated heterocycles. The molecule has 2 aromatic carbocycles. The molecule has 0 aliphatic carbocycles. The van der Waals surface area contributed by atoms with E-state index >= 15 is 0 Å². The topological polar surface area (TPSA) is 21.3 Å². The molecule has 0 spiro atoms. The van der Waals surface area contributed by atoms with Gasteiger partial charge in [-0.3, -0.25) is 0 Å². The van der Waals surface area contributed by atoms with E-state index in [9.17, 15) is 0 Å². The van der Waals surface area contributed by atoms with Crippen LogP contribution < -0.4 is 10.1 Å². The Kier molecular flexibility index (Phi) is 4.22. The van der Waals surface area contributed by atoms with Crippen molar-refractivity contribution in [3.05, 3.63) is 76.5 Å². The minimum Gasteiger partial charge on any atom is -0.457 e. The second kappa shape index (κ2) is 6.46. The van der Waals surface area contributed by atoms with Crippen LogP contribution in [0.25, 0.3) is 0 Å². The molecule has 1 N–H and O–H groups in total. The Morgan fingerprint density at radius 3 is 2.24 bits per heavy atom. The molecule has 3 heteroatoms. The fraction of sp³-hybridized carbons (Fsp3) is 0.111.